The van der Waals surface area contributed by atoms with Crippen molar-refractivity contribution >= 4 is 5.91 Å². The highest BCUT2D eigenvalue weighted by molar-refractivity contribution is 5.76. The monoisotopic (exact) mass is 418 g/mol. The maximum Gasteiger partial charge on any atom is 0.220 e. The number of carbonyl (C=O) groups excluding carboxylic acids is 1. The van der Waals surface area contributed by atoms with Crippen molar-refractivity contribution in [1.82, 2.24) is 10.2 Å². The summed E-state index contributed by atoms with van der Waals surface area (Å²) in [6, 6.07) is 5.22. The highest BCUT2D eigenvalue weighted by Gasteiger charge is 2.27. The lowest BCUT2D eigenvalue weighted by Gasteiger charge is -2.29. The number of fused-ring (bicyclic) bond motifs is 1. The van der Waals surface area contributed by atoms with Gasteiger partial charge in [0.1, 0.15) is 19.3 Å². The standard InChI is InChI=1S/C24H38N2O4/c1-2-3-4-5-6-7-10-23(27)25-20(18-26-13-8-9-14-26)24(28)19-11-12-21-22(17-19)30-16-15-29-21/h11-12,17,20,24,28H,2-10,13-16,18H2,1H3,(H,25,27)/t20-,24-/m1/s1. The summed E-state index contributed by atoms with van der Waals surface area (Å²) in [4.78, 5) is 14.9. The van der Waals surface area contributed by atoms with E-state index < -0.39 is 6.10 Å². The Morgan fingerprint density at radius 2 is 1.77 bits per heavy atom. The number of benzene rings is 1. The SMILES string of the molecule is CCCCCCCCC(=O)N[C@H](CN1CCCC1)[C@H](O)c1ccc2c(c1)OCCO2. The number of hydrogen-bond acceptors (Lipinski definition) is 5. The van der Waals surface area contributed by atoms with Crippen LogP contribution >= 0.6 is 0 Å². The Kier molecular flexibility index (Phi) is 9.27. The number of amides is 1. The molecule has 0 spiro atoms. The van der Waals surface area contributed by atoms with Crippen molar-refractivity contribution in [1.29, 1.82) is 0 Å². The molecule has 3 rings (SSSR count). The summed E-state index contributed by atoms with van der Waals surface area (Å²) in [7, 11) is 0. The van der Waals surface area contributed by atoms with Crippen LogP contribution in [0.3, 0.4) is 0 Å². The van der Waals surface area contributed by atoms with Crippen LogP contribution in [0.25, 0.3) is 0 Å². The minimum atomic E-state index is -0.782. The minimum absolute atomic E-state index is 0.0336. The van der Waals surface area contributed by atoms with E-state index in [1.165, 1.54) is 38.5 Å². The number of ether oxygens (including phenoxy) is 2. The predicted molar refractivity (Wildman–Crippen MR) is 118 cm³/mol. The second-order valence-electron chi connectivity index (χ2n) is 8.55. The zero-order chi connectivity index (χ0) is 21.2. The van der Waals surface area contributed by atoms with Crippen molar-refractivity contribution in [3.8, 4) is 11.5 Å². The van der Waals surface area contributed by atoms with Crippen LogP contribution in [0.15, 0.2) is 18.2 Å². The van der Waals surface area contributed by atoms with Gasteiger partial charge in [0, 0.05) is 13.0 Å². The molecule has 1 aromatic rings. The van der Waals surface area contributed by atoms with Crippen LogP contribution in [-0.4, -0.2) is 54.8 Å². The van der Waals surface area contributed by atoms with Gasteiger partial charge in [0.25, 0.3) is 0 Å². The third kappa shape index (κ3) is 6.88. The molecule has 2 aliphatic rings. The van der Waals surface area contributed by atoms with E-state index in [9.17, 15) is 9.90 Å². The molecule has 0 bridgehead atoms. The van der Waals surface area contributed by atoms with E-state index in [0.717, 1.165) is 31.5 Å². The molecule has 6 nitrogen and oxygen atoms in total. The molecular weight excluding hydrogens is 380 g/mol. The van der Waals surface area contributed by atoms with E-state index in [0.29, 0.717) is 37.7 Å². The van der Waals surface area contributed by atoms with E-state index in [1.807, 2.05) is 18.2 Å². The summed E-state index contributed by atoms with van der Waals surface area (Å²) in [5, 5.41) is 14.2. The van der Waals surface area contributed by atoms with Gasteiger partial charge in [-0.1, -0.05) is 45.1 Å². The van der Waals surface area contributed by atoms with Gasteiger partial charge in [-0.25, -0.2) is 0 Å². The van der Waals surface area contributed by atoms with Crippen LogP contribution in [-0.2, 0) is 4.79 Å². The summed E-state index contributed by atoms with van der Waals surface area (Å²) in [6.07, 6.45) is 9.04. The normalized spacial score (nSPS) is 18.2. The molecule has 30 heavy (non-hydrogen) atoms. The zero-order valence-corrected chi connectivity index (χ0v) is 18.4. The molecule has 2 heterocycles. The lowest BCUT2D eigenvalue weighted by Crippen LogP contribution is -2.46. The van der Waals surface area contributed by atoms with Crippen LogP contribution in [0.2, 0.25) is 0 Å². The Balaban J connectivity index is 1.57. The Labute approximate surface area is 180 Å². The second kappa shape index (κ2) is 12.2. The number of hydrogen-bond donors (Lipinski definition) is 2. The topological polar surface area (TPSA) is 71.0 Å². The third-order valence-electron chi connectivity index (χ3n) is 6.05. The number of likely N-dealkylation sites (tertiary alicyclic amines) is 1. The minimum Gasteiger partial charge on any atom is -0.486 e. The fourth-order valence-corrected chi connectivity index (χ4v) is 4.29. The molecule has 1 aromatic carbocycles. The third-order valence-corrected chi connectivity index (χ3v) is 6.05. The summed E-state index contributed by atoms with van der Waals surface area (Å²) in [5.41, 5.74) is 0.753. The van der Waals surface area contributed by atoms with Crippen LogP contribution in [0.4, 0.5) is 0 Å². The molecule has 0 unspecified atom stereocenters. The summed E-state index contributed by atoms with van der Waals surface area (Å²) in [5.74, 6) is 1.41. The average molecular weight is 419 g/mol. The number of aliphatic hydroxyl groups excluding tert-OH is 1. The van der Waals surface area contributed by atoms with Crippen LogP contribution in [0, 0.1) is 0 Å². The predicted octanol–water partition coefficient (Wildman–Crippen LogP) is 3.82. The average Bonchev–Trinajstić information content (AvgIpc) is 3.28. The van der Waals surface area contributed by atoms with Gasteiger partial charge in [-0.15, -0.1) is 0 Å². The smallest absolute Gasteiger partial charge is 0.220 e. The number of unbranched alkanes of at least 4 members (excludes halogenated alkanes) is 5. The van der Waals surface area contributed by atoms with Crippen molar-refractivity contribution in [2.45, 2.75) is 76.9 Å². The number of nitrogens with one attached hydrogen (secondary N) is 1. The van der Waals surface area contributed by atoms with Gasteiger partial charge >= 0.3 is 0 Å². The Bertz CT molecular complexity index is 661. The van der Waals surface area contributed by atoms with E-state index >= 15 is 0 Å². The molecule has 0 aliphatic carbocycles. The van der Waals surface area contributed by atoms with Gasteiger partial charge in [-0.05, 0) is 50.0 Å². The lowest BCUT2D eigenvalue weighted by atomic mass is 10.0. The molecule has 0 saturated carbocycles. The Morgan fingerprint density at radius 1 is 1.07 bits per heavy atom. The van der Waals surface area contributed by atoms with Gasteiger partial charge in [-0.3, -0.25) is 4.79 Å². The van der Waals surface area contributed by atoms with Crippen LogP contribution < -0.4 is 14.8 Å². The van der Waals surface area contributed by atoms with Gasteiger partial charge in [0.05, 0.1) is 6.04 Å². The van der Waals surface area contributed by atoms with Crippen molar-refractivity contribution in [3.63, 3.8) is 0 Å². The second-order valence-corrected chi connectivity index (χ2v) is 8.55. The van der Waals surface area contributed by atoms with Crippen LogP contribution in [0.1, 0.15) is 76.4 Å². The molecule has 0 aromatic heterocycles. The van der Waals surface area contributed by atoms with E-state index in [2.05, 4.69) is 17.1 Å². The van der Waals surface area contributed by atoms with E-state index in [1.54, 1.807) is 0 Å². The Hall–Kier alpha value is -1.79. The first-order chi connectivity index (χ1) is 14.7. The quantitative estimate of drug-likeness (QED) is 0.505. The summed E-state index contributed by atoms with van der Waals surface area (Å²) < 4.78 is 11.3. The molecule has 1 fully saturated rings. The first kappa shape index (κ1) is 22.9. The maximum absolute atomic E-state index is 12.6. The first-order valence-corrected chi connectivity index (χ1v) is 11.8. The van der Waals surface area contributed by atoms with E-state index in [-0.39, 0.29) is 11.9 Å². The lowest BCUT2D eigenvalue weighted by molar-refractivity contribution is -0.123. The first-order valence-electron chi connectivity index (χ1n) is 11.8. The molecule has 2 aliphatic heterocycles. The summed E-state index contributed by atoms with van der Waals surface area (Å²) in [6.45, 7) is 5.98. The molecule has 0 radical (unpaired) electrons. The molecule has 1 saturated heterocycles. The van der Waals surface area contributed by atoms with Crippen molar-refractivity contribution in [3.05, 3.63) is 23.8 Å². The fraction of sp³-hybridized carbons (Fsp3) is 0.708. The molecule has 2 atom stereocenters. The number of nitrogens with zero attached hydrogens (tertiary/aromatic N) is 1. The van der Waals surface area contributed by atoms with Crippen LogP contribution in [0.5, 0.6) is 11.5 Å². The highest BCUT2D eigenvalue weighted by Crippen LogP contribution is 2.33. The molecular formula is C24H38N2O4. The molecule has 168 valence electrons. The van der Waals surface area contributed by atoms with Gasteiger partial charge < -0.3 is 24.8 Å². The number of aliphatic hydroxyl groups is 1. The van der Waals surface area contributed by atoms with Gasteiger partial charge in [-0.2, -0.15) is 0 Å². The summed E-state index contributed by atoms with van der Waals surface area (Å²) >= 11 is 0. The van der Waals surface area contributed by atoms with E-state index in [4.69, 9.17) is 9.47 Å². The van der Waals surface area contributed by atoms with Crippen molar-refractivity contribution in [2.24, 2.45) is 0 Å². The largest absolute Gasteiger partial charge is 0.486 e. The number of rotatable bonds is 12. The van der Waals surface area contributed by atoms with Crippen molar-refractivity contribution in [2.75, 3.05) is 32.8 Å². The molecule has 2 N–H and O–H groups in total. The maximum atomic E-state index is 12.6. The zero-order valence-electron chi connectivity index (χ0n) is 18.4. The Morgan fingerprint density at radius 3 is 2.53 bits per heavy atom. The van der Waals surface area contributed by atoms with Crippen molar-refractivity contribution < 1.29 is 19.4 Å². The fourth-order valence-electron chi connectivity index (χ4n) is 4.29. The molecule has 6 heteroatoms. The number of carbonyl (C=O) groups is 1. The molecule has 1 amide bonds. The van der Waals surface area contributed by atoms with Gasteiger partial charge in [0.2, 0.25) is 5.91 Å². The highest BCUT2D eigenvalue weighted by atomic mass is 16.6. The van der Waals surface area contributed by atoms with Gasteiger partial charge in [0.15, 0.2) is 11.5 Å².